The van der Waals surface area contributed by atoms with Crippen molar-refractivity contribution in [3.05, 3.63) is 23.3 Å². The van der Waals surface area contributed by atoms with Crippen molar-refractivity contribution in [3.63, 3.8) is 0 Å². The molecule has 1 aliphatic heterocycles. The molecule has 0 saturated heterocycles. The lowest BCUT2D eigenvalue weighted by atomic mass is 9.98. The summed E-state index contributed by atoms with van der Waals surface area (Å²) in [7, 11) is 0. The second-order valence-corrected chi connectivity index (χ2v) is 5.94. The first kappa shape index (κ1) is 16.3. The van der Waals surface area contributed by atoms with E-state index in [2.05, 4.69) is 6.92 Å². The number of aromatic hydroxyl groups is 1. The SMILES string of the molecule is CCCCCc1cc(O)cc2c1C(=O)OC(C)(CC(C)=O)O2. The lowest BCUT2D eigenvalue weighted by Crippen LogP contribution is -2.43. The van der Waals surface area contributed by atoms with E-state index in [0.29, 0.717) is 12.0 Å². The van der Waals surface area contributed by atoms with E-state index >= 15 is 0 Å². The van der Waals surface area contributed by atoms with Gasteiger partial charge in [0.05, 0.1) is 6.42 Å². The maximum Gasteiger partial charge on any atom is 0.345 e. The highest BCUT2D eigenvalue weighted by Crippen LogP contribution is 2.38. The van der Waals surface area contributed by atoms with Crippen molar-refractivity contribution in [1.82, 2.24) is 0 Å². The van der Waals surface area contributed by atoms with Crippen LogP contribution in [0.5, 0.6) is 11.5 Å². The average Bonchev–Trinajstić information content (AvgIpc) is 2.35. The number of phenols is 1. The zero-order chi connectivity index (χ0) is 16.3. The summed E-state index contributed by atoms with van der Waals surface area (Å²) >= 11 is 0. The summed E-state index contributed by atoms with van der Waals surface area (Å²) in [4.78, 5) is 23.7. The number of hydrogen-bond donors (Lipinski definition) is 1. The summed E-state index contributed by atoms with van der Waals surface area (Å²) in [6.07, 6.45) is 3.68. The van der Waals surface area contributed by atoms with Gasteiger partial charge in [-0.25, -0.2) is 4.79 Å². The minimum atomic E-state index is -1.32. The topological polar surface area (TPSA) is 72.8 Å². The van der Waals surface area contributed by atoms with Gasteiger partial charge < -0.3 is 14.6 Å². The number of aryl methyl sites for hydroxylation is 1. The average molecular weight is 306 g/mol. The van der Waals surface area contributed by atoms with Gasteiger partial charge >= 0.3 is 5.97 Å². The van der Waals surface area contributed by atoms with Crippen molar-refractivity contribution in [2.75, 3.05) is 0 Å². The number of fused-ring (bicyclic) bond motifs is 1. The maximum absolute atomic E-state index is 12.4. The van der Waals surface area contributed by atoms with Crippen molar-refractivity contribution >= 4 is 11.8 Å². The standard InChI is InChI=1S/C17H22O5/c1-4-5-6-7-12-8-13(19)9-14-15(12)16(20)22-17(3,21-14)10-11(2)18/h8-9,19H,4-7,10H2,1-3H3. The maximum atomic E-state index is 12.4. The lowest BCUT2D eigenvalue weighted by Gasteiger charge is -2.35. The summed E-state index contributed by atoms with van der Waals surface area (Å²) in [6, 6.07) is 2.98. The lowest BCUT2D eigenvalue weighted by molar-refractivity contribution is -0.155. The van der Waals surface area contributed by atoms with Gasteiger partial charge in [-0.2, -0.15) is 0 Å². The Bertz CT molecular complexity index is 593. The highest BCUT2D eigenvalue weighted by Gasteiger charge is 2.40. The fourth-order valence-electron chi connectivity index (χ4n) is 2.76. The van der Waals surface area contributed by atoms with Crippen molar-refractivity contribution < 1.29 is 24.2 Å². The largest absolute Gasteiger partial charge is 0.508 e. The predicted molar refractivity (Wildman–Crippen MR) is 81.1 cm³/mol. The van der Waals surface area contributed by atoms with Crippen LogP contribution in [-0.4, -0.2) is 22.6 Å². The molecule has 0 fully saturated rings. The Morgan fingerprint density at radius 2 is 2.00 bits per heavy atom. The van der Waals surface area contributed by atoms with E-state index in [9.17, 15) is 14.7 Å². The Morgan fingerprint density at radius 1 is 1.27 bits per heavy atom. The summed E-state index contributed by atoms with van der Waals surface area (Å²) in [6.45, 7) is 5.06. The Kier molecular flexibility index (Phi) is 4.74. The van der Waals surface area contributed by atoms with E-state index in [-0.39, 0.29) is 23.7 Å². The van der Waals surface area contributed by atoms with Crippen LogP contribution in [0.25, 0.3) is 0 Å². The molecule has 120 valence electrons. The molecule has 2 rings (SSSR count). The quantitative estimate of drug-likeness (QED) is 0.644. The van der Waals surface area contributed by atoms with Gasteiger partial charge in [0.2, 0.25) is 0 Å². The molecule has 1 N–H and O–H groups in total. The van der Waals surface area contributed by atoms with Crippen LogP contribution in [-0.2, 0) is 16.0 Å². The van der Waals surface area contributed by atoms with E-state index in [4.69, 9.17) is 9.47 Å². The minimum Gasteiger partial charge on any atom is -0.508 e. The number of cyclic esters (lactones) is 1. The van der Waals surface area contributed by atoms with Gasteiger partial charge in [-0.3, -0.25) is 4.79 Å². The summed E-state index contributed by atoms with van der Waals surface area (Å²) in [5, 5.41) is 9.86. The van der Waals surface area contributed by atoms with Crippen LogP contribution in [0.2, 0.25) is 0 Å². The first-order valence-corrected chi connectivity index (χ1v) is 7.62. The normalized spacial score (nSPS) is 20.0. The van der Waals surface area contributed by atoms with Crippen molar-refractivity contribution in [2.24, 2.45) is 0 Å². The van der Waals surface area contributed by atoms with Crippen LogP contribution < -0.4 is 4.74 Å². The molecule has 5 nitrogen and oxygen atoms in total. The number of carbonyl (C=O) groups is 2. The number of ether oxygens (including phenoxy) is 2. The van der Waals surface area contributed by atoms with Crippen molar-refractivity contribution in [2.45, 2.75) is 58.7 Å². The zero-order valence-corrected chi connectivity index (χ0v) is 13.3. The Morgan fingerprint density at radius 3 is 2.64 bits per heavy atom. The first-order valence-electron chi connectivity index (χ1n) is 7.62. The van der Waals surface area contributed by atoms with Gasteiger partial charge in [0.25, 0.3) is 5.79 Å². The Balaban J connectivity index is 2.34. The van der Waals surface area contributed by atoms with Gasteiger partial charge in [-0.15, -0.1) is 0 Å². The monoisotopic (exact) mass is 306 g/mol. The molecule has 0 aliphatic carbocycles. The molecule has 1 aliphatic rings. The van der Waals surface area contributed by atoms with E-state index in [1.165, 1.54) is 13.0 Å². The zero-order valence-electron chi connectivity index (χ0n) is 13.3. The third-order valence-electron chi connectivity index (χ3n) is 3.63. The number of benzene rings is 1. The molecular formula is C17H22O5. The van der Waals surface area contributed by atoms with Crippen molar-refractivity contribution in [3.8, 4) is 11.5 Å². The number of unbranched alkanes of at least 4 members (excludes halogenated alkanes) is 2. The number of hydrogen-bond acceptors (Lipinski definition) is 5. The Labute approximate surface area is 130 Å². The summed E-state index contributed by atoms with van der Waals surface area (Å²) < 4.78 is 11.0. The van der Waals surface area contributed by atoms with Crippen molar-refractivity contribution in [1.29, 1.82) is 0 Å². The third kappa shape index (κ3) is 3.59. The highest BCUT2D eigenvalue weighted by molar-refractivity contribution is 5.96. The smallest absolute Gasteiger partial charge is 0.345 e. The van der Waals surface area contributed by atoms with E-state index in [1.807, 2.05) is 0 Å². The van der Waals surface area contributed by atoms with Gasteiger partial charge in [-0.1, -0.05) is 19.8 Å². The highest BCUT2D eigenvalue weighted by atomic mass is 16.7. The van der Waals surface area contributed by atoms with Gasteiger partial charge in [0.15, 0.2) is 0 Å². The number of Topliss-reactive ketones (excluding diaryl/α,β-unsaturated/α-hetero) is 1. The van der Waals surface area contributed by atoms with Crippen LogP contribution in [0.1, 0.15) is 62.4 Å². The molecule has 0 amide bonds. The molecule has 1 atom stereocenters. The fraction of sp³-hybridized carbons (Fsp3) is 0.529. The molecule has 1 unspecified atom stereocenters. The molecule has 5 heteroatoms. The molecule has 1 aromatic carbocycles. The fourth-order valence-corrected chi connectivity index (χ4v) is 2.76. The first-order chi connectivity index (χ1) is 10.3. The van der Waals surface area contributed by atoms with Gasteiger partial charge in [-0.05, 0) is 31.4 Å². The molecular weight excluding hydrogens is 284 g/mol. The summed E-state index contributed by atoms with van der Waals surface area (Å²) in [5.74, 6) is -1.63. The van der Waals surface area contributed by atoms with Crippen LogP contribution in [0.4, 0.5) is 0 Å². The third-order valence-corrected chi connectivity index (χ3v) is 3.63. The number of phenolic OH excluding ortho intramolecular Hbond substituents is 1. The predicted octanol–water partition coefficient (Wildman–Crippen LogP) is 3.37. The van der Waals surface area contributed by atoms with E-state index < -0.39 is 11.8 Å². The van der Waals surface area contributed by atoms with Gasteiger partial charge in [0, 0.05) is 13.0 Å². The molecule has 0 spiro atoms. The van der Waals surface area contributed by atoms with E-state index in [1.54, 1.807) is 13.0 Å². The van der Waals surface area contributed by atoms with Crippen LogP contribution >= 0.6 is 0 Å². The second-order valence-electron chi connectivity index (χ2n) is 5.94. The van der Waals surface area contributed by atoms with Gasteiger partial charge in [0.1, 0.15) is 22.8 Å². The number of carbonyl (C=O) groups excluding carboxylic acids is 2. The molecule has 0 bridgehead atoms. The number of esters is 1. The molecule has 0 aromatic heterocycles. The molecule has 0 saturated carbocycles. The summed E-state index contributed by atoms with van der Waals surface area (Å²) in [5.41, 5.74) is 1.08. The molecule has 22 heavy (non-hydrogen) atoms. The van der Waals surface area contributed by atoms with Crippen LogP contribution in [0.15, 0.2) is 12.1 Å². The molecule has 1 heterocycles. The second kappa shape index (κ2) is 6.38. The number of ketones is 1. The minimum absolute atomic E-state index is 0.0288. The van der Waals surface area contributed by atoms with E-state index in [0.717, 1.165) is 24.8 Å². The molecule has 0 radical (unpaired) electrons. The molecule has 1 aromatic rings. The van der Waals surface area contributed by atoms with Crippen LogP contribution in [0.3, 0.4) is 0 Å². The Hall–Kier alpha value is -2.04. The van der Waals surface area contributed by atoms with Crippen LogP contribution in [0, 0.1) is 0 Å². The number of rotatable bonds is 6.